The van der Waals surface area contributed by atoms with Gasteiger partial charge < -0.3 is 19.3 Å². The summed E-state index contributed by atoms with van der Waals surface area (Å²) in [6.45, 7) is 0.876. The van der Waals surface area contributed by atoms with Crippen molar-refractivity contribution < 1.29 is 24.0 Å². The van der Waals surface area contributed by atoms with Crippen LogP contribution < -0.4 is 0 Å². The molecule has 144 valence electrons. The van der Waals surface area contributed by atoms with Crippen LogP contribution in [0.1, 0.15) is 62.6 Å². The van der Waals surface area contributed by atoms with Gasteiger partial charge in [-0.05, 0) is 25.7 Å². The summed E-state index contributed by atoms with van der Waals surface area (Å²) in [5, 5.41) is 13.6. The summed E-state index contributed by atoms with van der Waals surface area (Å²) in [6, 6.07) is 0. The lowest BCUT2D eigenvalue weighted by atomic mass is 9.80. The first-order valence-electron chi connectivity index (χ1n) is 9.37. The van der Waals surface area contributed by atoms with E-state index >= 15 is 0 Å². The van der Waals surface area contributed by atoms with Gasteiger partial charge in [0, 0.05) is 39.0 Å². The van der Waals surface area contributed by atoms with Gasteiger partial charge in [-0.25, -0.2) is 0 Å². The number of aliphatic carboxylic acids is 1. The molecule has 0 spiro atoms. The minimum Gasteiger partial charge on any atom is -0.481 e. The third-order valence-corrected chi connectivity index (χ3v) is 5.56. The molecule has 1 aromatic heterocycles. The van der Waals surface area contributed by atoms with E-state index in [0.717, 1.165) is 18.7 Å². The highest BCUT2D eigenvalue weighted by molar-refractivity contribution is 5.80. The number of carboxylic acids is 1. The fraction of sp³-hybridized carbons (Fsp3) is 0.778. The maximum Gasteiger partial charge on any atom is 0.313 e. The Morgan fingerprint density at radius 1 is 1.35 bits per heavy atom. The van der Waals surface area contributed by atoms with E-state index in [9.17, 15) is 14.7 Å². The highest BCUT2D eigenvalue weighted by Gasteiger charge is 2.43. The third-order valence-electron chi connectivity index (χ3n) is 5.56. The minimum absolute atomic E-state index is 0.0768. The Hall–Kier alpha value is -1.96. The van der Waals surface area contributed by atoms with Gasteiger partial charge in [-0.1, -0.05) is 18.0 Å². The van der Waals surface area contributed by atoms with E-state index in [-0.39, 0.29) is 25.5 Å². The number of carboxylic acid groups (broad SMARTS) is 1. The molecule has 1 aliphatic heterocycles. The number of piperidine rings is 1. The van der Waals surface area contributed by atoms with Gasteiger partial charge in [-0.3, -0.25) is 9.59 Å². The monoisotopic (exact) mass is 365 g/mol. The first-order chi connectivity index (χ1) is 12.5. The van der Waals surface area contributed by atoms with Crippen LogP contribution in [0, 0.1) is 5.41 Å². The largest absolute Gasteiger partial charge is 0.481 e. The van der Waals surface area contributed by atoms with E-state index in [2.05, 4.69) is 10.1 Å². The second-order valence-electron chi connectivity index (χ2n) is 7.47. The number of aromatic nitrogens is 2. The zero-order valence-corrected chi connectivity index (χ0v) is 15.3. The molecule has 2 heterocycles. The van der Waals surface area contributed by atoms with E-state index in [1.54, 1.807) is 4.90 Å². The summed E-state index contributed by atoms with van der Waals surface area (Å²) in [5.41, 5.74) is -1.01. The first kappa shape index (κ1) is 18.8. The number of aryl methyl sites for hydroxylation is 1. The Balaban J connectivity index is 1.55. The normalized spacial score (nSPS) is 24.1. The smallest absolute Gasteiger partial charge is 0.313 e. The molecule has 0 aromatic carbocycles. The molecule has 1 aromatic rings. The zero-order valence-electron chi connectivity index (χ0n) is 15.3. The van der Waals surface area contributed by atoms with Gasteiger partial charge in [0.05, 0.1) is 6.61 Å². The second-order valence-corrected chi connectivity index (χ2v) is 7.47. The van der Waals surface area contributed by atoms with Gasteiger partial charge in [0.2, 0.25) is 11.8 Å². The van der Waals surface area contributed by atoms with Gasteiger partial charge in [0.15, 0.2) is 5.82 Å². The second kappa shape index (κ2) is 8.16. The average Bonchev–Trinajstić information content (AvgIpc) is 3.31. The Labute approximate surface area is 152 Å². The third kappa shape index (κ3) is 4.06. The Morgan fingerprint density at radius 3 is 2.81 bits per heavy atom. The molecule has 3 rings (SSSR count). The van der Waals surface area contributed by atoms with Crippen molar-refractivity contribution in [1.82, 2.24) is 15.0 Å². The lowest BCUT2D eigenvalue weighted by Crippen LogP contribution is -2.52. The predicted octanol–water partition coefficient (Wildman–Crippen LogP) is 2.00. The van der Waals surface area contributed by atoms with Crippen molar-refractivity contribution in [3.63, 3.8) is 0 Å². The molecule has 1 unspecified atom stereocenters. The fourth-order valence-corrected chi connectivity index (χ4v) is 4.07. The van der Waals surface area contributed by atoms with E-state index in [0.29, 0.717) is 37.6 Å². The number of hydrogen-bond acceptors (Lipinski definition) is 6. The van der Waals surface area contributed by atoms with Crippen molar-refractivity contribution in [3.05, 3.63) is 11.7 Å². The highest BCUT2D eigenvalue weighted by atomic mass is 16.5. The Kier molecular flexibility index (Phi) is 5.90. The van der Waals surface area contributed by atoms with Crippen molar-refractivity contribution in [3.8, 4) is 0 Å². The van der Waals surface area contributed by atoms with Crippen molar-refractivity contribution in [2.45, 2.75) is 57.3 Å². The summed E-state index contributed by atoms with van der Waals surface area (Å²) < 4.78 is 10.4. The van der Waals surface area contributed by atoms with Crippen LogP contribution in [0.4, 0.5) is 0 Å². The van der Waals surface area contributed by atoms with Crippen molar-refractivity contribution in [1.29, 1.82) is 0 Å². The Morgan fingerprint density at radius 2 is 2.12 bits per heavy atom. The average molecular weight is 365 g/mol. The van der Waals surface area contributed by atoms with Crippen LogP contribution >= 0.6 is 0 Å². The number of carbonyl (C=O) groups excluding carboxylic acids is 1. The van der Waals surface area contributed by atoms with Crippen LogP contribution in [-0.4, -0.2) is 58.8 Å². The van der Waals surface area contributed by atoms with Gasteiger partial charge in [0.25, 0.3) is 0 Å². The number of ether oxygens (including phenoxy) is 1. The van der Waals surface area contributed by atoms with Crippen LogP contribution in [0.25, 0.3) is 0 Å². The molecule has 2 aliphatic rings. The highest BCUT2D eigenvalue weighted by Crippen LogP contribution is 2.33. The molecule has 26 heavy (non-hydrogen) atoms. The van der Waals surface area contributed by atoms with E-state index in [1.165, 1.54) is 20.0 Å². The molecule has 1 N–H and O–H groups in total. The van der Waals surface area contributed by atoms with E-state index in [1.807, 2.05) is 0 Å². The molecule has 8 heteroatoms. The number of amides is 1. The van der Waals surface area contributed by atoms with Gasteiger partial charge in [0.1, 0.15) is 5.41 Å². The number of nitrogens with zero attached hydrogens (tertiary/aromatic N) is 3. The number of rotatable bonds is 7. The maximum atomic E-state index is 12.6. The number of carbonyl (C=O) groups is 2. The standard InChI is InChI=1S/C18H27N3O5/c1-25-12-18(17(23)24)9-4-10-21(11-18)15(22)8-7-14-19-16(20-26-14)13-5-2-3-6-13/h13H,2-12H2,1H3,(H,23,24). The lowest BCUT2D eigenvalue weighted by molar-refractivity contribution is -0.159. The van der Waals surface area contributed by atoms with Crippen molar-refractivity contribution >= 4 is 11.9 Å². The van der Waals surface area contributed by atoms with Crippen LogP contribution in [0.15, 0.2) is 4.52 Å². The van der Waals surface area contributed by atoms with E-state index in [4.69, 9.17) is 9.26 Å². The van der Waals surface area contributed by atoms with Gasteiger partial charge >= 0.3 is 5.97 Å². The lowest BCUT2D eigenvalue weighted by Gasteiger charge is -2.39. The molecule has 1 saturated carbocycles. The van der Waals surface area contributed by atoms with Gasteiger partial charge in [-0.15, -0.1) is 0 Å². The number of likely N-dealkylation sites (tertiary alicyclic amines) is 1. The van der Waals surface area contributed by atoms with Crippen LogP contribution in [-0.2, 0) is 20.7 Å². The molecule has 0 radical (unpaired) electrons. The van der Waals surface area contributed by atoms with Crippen molar-refractivity contribution in [2.75, 3.05) is 26.8 Å². The first-order valence-corrected chi connectivity index (χ1v) is 9.37. The predicted molar refractivity (Wildman–Crippen MR) is 91.6 cm³/mol. The van der Waals surface area contributed by atoms with Crippen LogP contribution in [0.2, 0.25) is 0 Å². The minimum atomic E-state index is -1.01. The molecule has 8 nitrogen and oxygen atoms in total. The summed E-state index contributed by atoms with van der Waals surface area (Å²) >= 11 is 0. The molecule has 0 bridgehead atoms. The van der Waals surface area contributed by atoms with Crippen LogP contribution in [0.5, 0.6) is 0 Å². The quantitative estimate of drug-likeness (QED) is 0.787. The van der Waals surface area contributed by atoms with Crippen molar-refractivity contribution in [2.24, 2.45) is 5.41 Å². The summed E-state index contributed by atoms with van der Waals surface area (Å²) in [6.07, 6.45) is 6.42. The maximum absolute atomic E-state index is 12.6. The number of methoxy groups -OCH3 is 1. The number of hydrogen-bond donors (Lipinski definition) is 1. The summed E-state index contributed by atoms with van der Waals surface area (Å²) in [4.78, 5) is 30.3. The van der Waals surface area contributed by atoms with Gasteiger partial charge in [-0.2, -0.15) is 4.98 Å². The summed E-state index contributed by atoms with van der Waals surface area (Å²) in [7, 11) is 1.49. The molecule has 1 amide bonds. The zero-order chi connectivity index (χ0) is 18.6. The fourth-order valence-electron chi connectivity index (χ4n) is 4.07. The van der Waals surface area contributed by atoms with Crippen LogP contribution in [0.3, 0.4) is 0 Å². The Bertz CT molecular complexity index is 637. The SMILES string of the molecule is COCC1(C(=O)O)CCCN(C(=O)CCc2nc(C3CCCC3)no2)C1. The summed E-state index contributed by atoms with van der Waals surface area (Å²) in [5.74, 6) is 0.643. The molecular weight excluding hydrogens is 338 g/mol. The molecular formula is C18H27N3O5. The molecule has 1 atom stereocenters. The topological polar surface area (TPSA) is 106 Å². The molecule has 2 fully saturated rings. The molecule has 1 aliphatic carbocycles. The molecule has 1 saturated heterocycles. The van der Waals surface area contributed by atoms with E-state index < -0.39 is 11.4 Å².